The fraction of sp³-hybridized carbons (Fsp3) is 0.562. The molecule has 0 atom stereocenters. The van der Waals surface area contributed by atoms with Crippen LogP contribution in [0.5, 0.6) is 5.75 Å². The molecule has 0 fully saturated rings. The van der Waals surface area contributed by atoms with Crippen molar-refractivity contribution in [2.45, 2.75) is 19.8 Å². The highest BCUT2D eigenvalue weighted by Gasteiger charge is 2.14. The van der Waals surface area contributed by atoms with Gasteiger partial charge in [-0.3, -0.25) is 0 Å². The zero-order valence-corrected chi connectivity index (χ0v) is 13.4. The molecule has 0 aliphatic heterocycles. The number of carbonyl (C=O) groups is 1. The Kier molecular flexibility index (Phi) is 7.61. The minimum absolute atomic E-state index is 0.353. The second kappa shape index (κ2) is 9.23. The third-order valence-corrected chi connectivity index (χ3v) is 3.05. The lowest BCUT2D eigenvalue weighted by Gasteiger charge is -2.13. The number of nitrogens with zero attached hydrogens (tertiary/aromatic N) is 1. The Balaban J connectivity index is 2.66. The minimum Gasteiger partial charge on any atom is -0.496 e. The molecule has 1 aromatic carbocycles. The van der Waals surface area contributed by atoms with E-state index in [0.29, 0.717) is 24.5 Å². The van der Waals surface area contributed by atoms with Crippen LogP contribution in [0.4, 0.5) is 5.69 Å². The van der Waals surface area contributed by atoms with Gasteiger partial charge in [-0.2, -0.15) is 0 Å². The molecule has 0 bridgehead atoms. The van der Waals surface area contributed by atoms with Crippen LogP contribution in [0, 0.1) is 0 Å². The first-order valence-electron chi connectivity index (χ1n) is 7.32. The summed E-state index contributed by atoms with van der Waals surface area (Å²) in [4.78, 5) is 14.0. The predicted octanol–water partition coefficient (Wildman–Crippen LogP) is 2.63. The van der Waals surface area contributed by atoms with Gasteiger partial charge in [0, 0.05) is 24.8 Å². The number of rotatable bonds is 9. The first kappa shape index (κ1) is 17.3. The molecule has 0 spiro atoms. The second-order valence-electron chi connectivity index (χ2n) is 5.13. The normalized spacial score (nSPS) is 10.5. The molecule has 1 aromatic rings. The highest BCUT2D eigenvalue weighted by atomic mass is 16.5. The standard InChI is InChI=1S/C16H26N2O3/c1-5-6-9-17-13-7-8-14(15(12-13)20-4)16(19)21-11-10-18(2)3/h7-8,12,17H,5-6,9-11H2,1-4H3. The zero-order valence-electron chi connectivity index (χ0n) is 13.4. The highest BCUT2D eigenvalue weighted by Crippen LogP contribution is 2.24. The molecule has 21 heavy (non-hydrogen) atoms. The van der Waals surface area contributed by atoms with Gasteiger partial charge in [0.05, 0.1) is 7.11 Å². The summed E-state index contributed by atoms with van der Waals surface area (Å²) in [6.45, 7) is 4.12. The van der Waals surface area contributed by atoms with Crippen LogP contribution >= 0.6 is 0 Å². The van der Waals surface area contributed by atoms with E-state index in [0.717, 1.165) is 25.1 Å². The van der Waals surface area contributed by atoms with Crippen molar-refractivity contribution < 1.29 is 14.3 Å². The maximum Gasteiger partial charge on any atom is 0.341 e. The van der Waals surface area contributed by atoms with E-state index >= 15 is 0 Å². The SMILES string of the molecule is CCCCNc1ccc(C(=O)OCCN(C)C)c(OC)c1. The minimum atomic E-state index is -0.353. The summed E-state index contributed by atoms with van der Waals surface area (Å²) in [5, 5.41) is 3.31. The van der Waals surface area contributed by atoms with Gasteiger partial charge in [-0.15, -0.1) is 0 Å². The predicted molar refractivity (Wildman–Crippen MR) is 85.2 cm³/mol. The first-order chi connectivity index (χ1) is 10.1. The lowest BCUT2D eigenvalue weighted by atomic mass is 10.1. The van der Waals surface area contributed by atoms with Gasteiger partial charge in [0.15, 0.2) is 0 Å². The number of ether oxygens (including phenoxy) is 2. The molecule has 0 aromatic heterocycles. The van der Waals surface area contributed by atoms with E-state index in [9.17, 15) is 4.79 Å². The summed E-state index contributed by atoms with van der Waals surface area (Å²) in [7, 11) is 5.43. The number of carbonyl (C=O) groups excluding carboxylic acids is 1. The molecular formula is C16H26N2O3. The number of hydrogen-bond acceptors (Lipinski definition) is 5. The Morgan fingerprint density at radius 3 is 2.71 bits per heavy atom. The number of likely N-dealkylation sites (N-methyl/N-ethyl adjacent to an activating group) is 1. The summed E-state index contributed by atoms with van der Waals surface area (Å²) in [6, 6.07) is 5.45. The van der Waals surface area contributed by atoms with Crippen LogP contribution in [0.15, 0.2) is 18.2 Å². The van der Waals surface area contributed by atoms with E-state index in [2.05, 4.69) is 12.2 Å². The number of unbranched alkanes of at least 4 members (excludes halogenated alkanes) is 1. The number of esters is 1. The van der Waals surface area contributed by atoms with E-state index in [-0.39, 0.29) is 5.97 Å². The Morgan fingerprint density at radius 2 is 2.10 bits per heavy atom. The van der Waals surface area contributed by atoms with E-state index in [1.54, 1.807) is 13.2 Å². The van der Waals surface area contributed by atoms with Crippen LogP contribution in [0.1, 0.15) is 30.1 Å². The van der Waals surface area contributed by atoms with Crippen LogP contribution in [-0.2, 0) is 4.74 Å². The Hall–Kier alpha value is -1.75. The number of anilines is 1. The van der Waals surface area contributed by atoms with Gasteiger partial charge in [-0.05, 0) is 32.6 Å². The van der Waals surface area contributed by atoms with Gasteiger partial charge in [-0.25, -0.2) is 4.79 Å². The molecule has 5 heteroatoms. The van der Waals surface area contributed by atoms with E-state index in [4.69, 9.17) is 9.47 Å². The topological polar surface area (TPSA) is 50.8 Å². The van der Waals surface area contributed by atoms with Crippen LogP contribution in [-0.4, -0.2) is 51.8 Å². The molecular weight excluding hydrogens is 268 g/mol. The molecule has 0 heterocycles. The molecule has 0 aliphatic carbocycles. The monoisotopic (exact) mass is 294 g/mol. The van der Waals surface area contributed by atoms with Gasteiger partial charge in [0.25, 0.3) is 0 Å². The zero-order chi connectivity index (χ0) is 15.7. The van der Waals surface area contributed by atoms with Gasteiger partial charge in [0.2, 0.25) is 0 Å². The van der Waals surface area contributed by atoms with Crippen LogP contribution < -0.4 is 10.1 Å². The number of hydrogen-bond donors (Lipinski definition) is 1. The van der Waals surface area contributed by atoms with Crippen molar-refractivity contribution in [2.75, 3.05) is 46.2 Å². The van der Waals surface area contributed by atoms with Crippen molar-refractivity contribution in [3.63, 3.8) is 0 Å². The average molecular weight is 294 g/mol. The van der Waals surface area contributed by atoms with E-state index in [1.807, 2.05) is 31.1 Å². The van der Waals surface area contributed by atoms with Crippen molar-refractivity contribution in [1.82, 2.24) is 4.90 Å². The van der Waals surface area contributed by atoms with Crippen LogP contribution in [0.25, 0.3) is 0 Å². The first-order valence-corrected chi connectivity index (χ1v) is 7.32. The maximum absolute atomic E-state index is 12.0. The Bertz CT molecular complexity index is 447. The molecule has 0 saturated heterocycles. The number of benzene rings is 1. The van der Waals surface area contributed by atoms with Crippen molar-refractivity contribution >= 4 is 11.7 Å². The van der Waals surface area contributed by atoms with Gasteiger partial charge in [-0.1, -0.05) is 13.3 Å². The summed E-state index contributed by atoms with van der Waals surface area (Å²) >= 11 is 0. The maximum atomic E-state index is 12.0. The van der Waals surface area contributed by atoms with Crippen LogP contribution in [0.3, 0.4) is 0 Å². The van der Waals surface area contributed by atoms with Crippen molar-refractivity contribution in [1.29, 1.82) is 0 Å². The fourth-order valence-corrected chi connectivity index (χ4v) is 1.78. The summed E-state index contributed by atoms with van der Waals surface area (Å²) in [6.07, 6.45) is 2.25. The van der Waals surface area contributed by atoms with Crippen molar-refractivity contribution in [2.24, 2.45) is 0 Å². The van der Waals surface area contributed by atoms with Crippen molar-refractivity contribution in [3.05, 3.63) is 23.8 Å². The van der Waals surface area contributed by atoms with Gasteiger partial charge >= 0.3 is 5.97 Å². The molecule has 1 N–H and O–H groups in total. The Labute approximate surface area is 127 Å². The largest absolute Gasteiger partial charge is 0.496 e. The summed E-state index contributed by atoms with van der Waals surface area (Å²) in [5.74, 6) is 0.181. The molecule has 118 valence electrons. The smallest absolute Gasteiger partial charge is 0.341 e. The lowest BCUT2D eigenvalue weighted by molar-refractivity contribution is 0.0478. The average Bonchev–Trinajstić information content (AvgIpc) is 2.46. The van der Waals surface area contributed by atoms with Crippen LogP contribution in [0.2, 0.25) is 0 Å². The Morgan fingerprint density at radius 1 is 1.33 bits per heavy atom. The highest BCUT2D eigenvalue weighted by molar-refractivity contribution is 5.93. The third kappa shape index (κ3) is 6.04. The third-order valence-electron chi connectivity index (χ3n) is 3.05. The van der Waals surface area contributed by atoms with E-state index < -0.39 is 0 Å². The van der Waals surface area contributed by atoms with E-state index in [1.165, 1.54) is 0 Å². The molecule has 0 aliphatic rings. The molecule has 0 saturated carbocycles. The molecule has 1 rings (SSSR count). The number of methoxy groups -OCH3 is 1. The second-order valence-corrected chi connectivity index (χ2v) is 5.13. The van der Waals surface area contributed by atoms with Gasteiger partial charge < -0.3 is 19.7 Å². The quantitative estimate of drug-likeness (QED) is 0.560. The van der Waals surface area contributed by atoms with Crippen molar-refractivity contribution in [3.8, 4) is 5.75 Å². The van der Waals surface area contributed by atoms with Gasteiger partial charge in [0.1, 0.15) is 17.9 Å². The lowest BCUT2D eigenvalue weighted by Crippen LogP contribution is -2.20. The molecule has 0 radical (unpaired) electrons. The molecule has 5 nitrogen and oxygen atoms in total. The molecule has 0 unspecified atom stereocenters. The summed E-state index contributed by atoms with van der Waals surface area (Å²) < 4.78 is 10.5. The fourth-order valence-electron chi connectivity index (χ4n) is 1.78. The number of nitrogens with one attached hydrogen (secondary N) is 1. The molecule has 0 amide bonds. The summed E-state index contributed by atoms with van der Waals surface area (Å²) in [5.41, 5.74) is 1.41.